The highest BCUT2D eigenvalue weighted by Gasteiger charge is 2.32. The van der Waals surface area contributed by atoms with E-state index in [1.54, 1.807) is 44.2 Å². The van der Waals surface area contributed by atoms with Crippen molar-refractivity contribution in [3.8, 4) is 0 Å². The van der Waals surface area contributed by atoms with E-state index < -0.39 is 15.9 Å². The second-order valence-electron chi connectivity index (χ2n) is 5.06. The number of hydrogen-bond acceptors (Lipinski definition) is 3. The van der Waals surface area contributed by atoms with Gasteiger partial charge in [-0.25, -0.2) is 8.42 Å². The van der Waals surface area contributed by atoms with Gasteiger partial charge in [-0.1, -0.05) is 25.4 Å². The maximum absolute atomic E-state index is 12.4. The zero-order valence-corrected chi connectivity index (χ0v) is 12.9. The molecule has 2 rings (SSSR count). The van der Waals surface area contributed by atoms with Crippen molar-refractivity contribution in [1.29, 1.82) is 0 Å². The molecule has 1 heterocycles. The van der Waals surface area contributed by atoms with Crippen molar-refractivity contribution >= 4 is 33.0 Å². The van der Waals surface area contributed by atoms with E-state index in [9.17, 15) is 13.2 Å². The van der Waals surface area contributed by atoms with E-state index in [1.807, 2.05) is 0 Å². The summed E-state index contributed by atoms with van der Waals surface area (Å²) in [6.45, 7) is 3.58. The van der Waals surface area contributed by atoms with Gasteiger partial charge in [0.15, 0.2) is 9.84 Å². The Kier molecular flexibility index (Phi) is 4.20. The molecule has 0 spiro atoms. The number of halogens is 1. The summed E-state index contributed by atoms with van der Waals surface area (Å²) in [4.78, 5) is 13.9. The van der Waals surface area contributed by atoms with Crippen molar-refractivity contribution < 1.29 is 13.2 Å². The summed E-state index contributed by atoms with van der Waals surface area (Å²) in [6, 6.07) is 6.36. The molecule has 0 aliphatic carbocycles. The van der Waals surface area contributed by atoms with Crippen LogP contribution < -0.4 is 4.90 Å². The van der Waals surface area contributed by atoms with E-state index in [4.69, 9.17) is 11.6 Å². The largest absolute Gasteiger partial charge is 0.304 e. The molecule has 0 bridgehead atoms. The first-order valence-electron chi connectivity index (χ1n) is 6.30. The number of amides is 1. The van der Waals surface area contributed by atoms with Gasteiger partial charge in [-0.05, 0) is 30.3 Å². The third-order valence-corrected chi connectivity index (χ3v) is 4.71. The SMILES string of the molecule is CC(C)C(=O)N(c1ccc(Cl)cc1)C1C=CS(=O)(=O)C1. The van der Waals surface area contributed by atoms with Crippen LogP contribution in [0.4, 0.5) is 5.69 Å². The molecule has 1 atom stereocenters. The zero-order chi connectivity index (χ0) is 14.9. The Hall–Kier alpha value is -1.33. The summed E-state index contributed by atoms with van der Waals surface area (Å²) >= 11 is 5.85. The fraction of sp³-hybridized carbons (Fsp3) is 0.357. The average Bonchev–Trinajstić information content (AvgIpc) is 2.72. The molecule has 0 radical (unpaired) electrons. The van der Waals surface area contributed by atoms with Crippen LogP contribution >= 0.6 is 11.6 Å². The van der Waals surface area contributed by atoms with E-state index in [1.165, 1.54) is 10.3 Å². The Morgan fingerprint density at radius 2 is 1.90 bits per heavy atom. The van der Waals surface area contributed by atoms with Crippen molar-refractivity contribution in [2.45, 2.75) is 19.9 Å². The molecule has 1 aromatic rings. The number of nitrogens with zero attached hydrogens (tertiary/aromatic N) is 1. The predicted octanol–water partition coefficient (Wildman–Crippen LogP) is 2.64. The third kappa shape index (κ3) is 3.22. The highest BCUT2D eigenvalue weighted by molar-refractivity contribution is 7.94. The second-order valence-corrected chi connectivity index (χ2v) is 7.43. The molecule has 0 fully saturated rings. The first-order valence-corrected chi connectivity index (χ1v) is 8.39. The van der Waals surface area contributed by atoms with E-state index in [2.05, 4.69) is 0 Å². The highest BCUT2D eigenvalue weighted by Crippen LogP contribution is 2.26. The molecule has 1 amide bonds. The molecule has 1 aromatic carbocycles. The van der Waals surface area contributed by atoms with Crippen LogP contribution in [0.25, 0.3) is 0 Å². The summed E-state index contributed by atoms with van der Waals surface area (Å²) in [5.74, 6) is -0.407. The van der Waals surface area contributed by atoms with Gasteiger partial charge in [0.2, 0.25) is 5.91 Å². The lowest BCUT2D eigenvalue weighted by Crippen LogP contribution is -2.43. The Morgan fingerprint density at radius 3 is 2.35 bits per heavy atom. The van der Waals surface area contributed by atoms with Crippen LogP contribution in [0.2, 0.25) is 5.02 Å². The summed E-state index contributed by atoms with van der Waals surface area (Å²) < 4.78 is 23.2. The minimum Gasteiger partial charge on any atom is -0.304 e. The van der Waals surface area contributed by atoms with Crippen molar-refractivity contribution in [1.82, 2.24) is 0 Å². The minimum absolute atomic E-state index is 0.0753. The monoisotopic (exact) mass is 313 g/mol. The number of sulfone groups is 1. The first-order chi connectivity index (χ1) is 9.30. The van der Waals surface area contributed by atoms with Crippen molar-refractivity contribution in [3.05, 3.63) is 40.8 Å². The summed E-state index contributed by atoms with van der Waals surface area (Å²) in [5, 5.41) is 1.74. The van der Waals surface area contributed by atoms with Crippen LogP contribution in [0.5, 0.6) is 0 Å². The van der Waals surface area contributed by atoms with Gasteiger partial charge in [-0.15, -0.1) is 0 Å². The topological polar surface area (TPSA) is 54.5 Å². The Morgan fingerprint density at radius 1 is 1.30 bits per heavy atom. The fourth-order valence-corrected chi connectivity index (χ4v) is 3.48. The van der Waals surface area contributed by atoms with Crippen molar-refractivity contribution in [2.75, 3.05) is 10.7 Å². The van der Waals surface area contributed by atoms with Gasteiger partial charge in [0.1, 0.15) is 0 Å². The molecule has 4 nitrogen and oxygen atoms in total. The zero-order valence-electron chi connectivity index (χ0n) is 11.3. The lowest BCUT2D eigenvalue weighted by molar-refractivity contribution is -0.121. The Bertz CT molecular complexity index is 635. The number of benzene rings is 1. The quantitative estimate of drug-likeness (QED) is 0.862. The highest BCUT2D eigenvalue weighted by atomic mass is 35.5. The van der Waals surface area contributed by atoms with Gasteiger partial charge in [0, 0.05) is 22.0 Å². The Labute approximate surface area is 124 Å². The van der Waals surface area contributed by atoms with Crippen molar-refractivity contribution in [3.63, 3.8) is 0 Å². The van der Waals surface area contributed by atoms with Crippen molar-refractivity contribution in [2.24, 2.45) is 5.92 Å². The normalized spacial score (nSPS) is 20.3. The predicted molar refractivity (Wildman–Crippen MR) is 80.5 cm³/mol. The standard InChI is InChI=1S/C14H16ClNO3S/c1-10(2)14(17)16(12-5-3-11(15)4-6-12)13-7-8-20(18,19)9-13/h3-8,10,13H,9H2,1-2H3. The molecule has 1 aliphatic rings. The Balaban J connectivity index is 2.38. The van der Waals surface area contributed by atoms with Gasteiger partial charge in [-0.3, -0.25) is 4.79 Å². The summed E-state index contributed by atoms with van der Waals surface area (Å²) in [6.07, 6.45) is 1.56. The molecule has 0 aromatic heterocycles. The number of carbonyl (C=O) groups excluding carboxylic acids is 1. The second kappa shape index (κ2) is 5.58. The smallest absolute Gasteiger partial charge is 0.230 e. The van der Waals surface area contributed by atoms with Crippen LogP contribution in [0.3, 0.4) is 0 Å². The van der Waals surface area contributed by atoms with Crippen LogP contribution in [0.1, 0.15) is 13.8 Å². The first kappa shape index (κ1) is 15.1. The fourth-order valence-electron chi connectivity index (χ4n) is 2.08. The lowest BCUT2D eigenvalue weighted by atomic mass is 10.1. The van der Waals surface area contributed by atoms with E-state index >= 15 is 0 Å². The van der Waals surface area contributed by atoms with E-state index in [-0.39, 0.29) is 17.6 Å². The number of hydrogen-bond donors (Lipinski definition) is 0. The van der Waals surface area contributed by atoms with Gasteiger partial charge in [0.25, 0.3) is 0 Å². The molecule has 0 N–H and O–H groups in total. The molecule has 1 unspecified atom stereocenters. The maximum atomic E-state index is 12.4. The molecule has 0 saturated heterocycles. The van der Waals surface area contributed by atoms with Gasteiger partial charge in [-0.2, -0.15) is 0 Å². The number of carbonyl (C=O) groups is 1. The molecule has 20 heavy (non-hydrogen) atoms. The molecular formula is C14H16ClNO3S. The summed E-state index contributed by atoms with van der Waals surface area (Å²) in [5.41, 5.74) is 0.653. The average molecular weight is 314 g/mol. The van der Waals surface area contributed by atoms with Gasteiger partial charge < -0.3 is 4.90 Å². The van der Waals surface area contributed by atoms with Crippen LogP contribution in [0.15, 0.2) is 35.7 Å². The van der Waals surface area contributed by atoms with E-state index in [0.29, 0.717) is 10.7 Å². The number of rotatable bonds is 3. The molecule has 0 saturated carbocycles. The van der Waals surface area contributed by atoms with Crippen LogP contribution in [0, 0.1) is 5.92 Å². The van der Waals surface area contributed by atoms with Gasteiger partial charge >= 0.3 is 0 Å². The molecule has 1 aliphatic heterocycles. The summed E-state index contributed by atoms with van der Waals surface area (Å²) in [7, 11) is -3.22. The molecule has 6 heteroatoms. The minimum atomic E-state index is -3.22. The van der Waals surface area contributed by atoms with Crippen LogP contribution in [-0.4, -0.2) is 26.1 Å². The van der Waals surface area contributed by atoms with Crippen LogP contribution in [-0.2, 0) is 14.6 Å². The third-order valence-electron chi connectivity index (χ3n) is 3.08. The maximum Gasteiger partial charge on any atom is 0.230 e. The lowest BCUT2D eigenvalue weighted by Gasteiger charge is -2.29. The molecule has 108 valence electrons. The van der Waals surface area contributed by atoms with Gasteiger partial charge in [0.05, 0.1) is 11.8 Å². The van der Waals surface area contributed by atoms with E-state index in [0.717, 1.165) is 0 Å². The number of anilines is 1. The molecular weight excluding hydrogens is 298 g/mol.